The molecule has 2 aliphatic rings. The van der Waals surface area contributed by atoms with E-state index in [0.29, 0.717) is 19.7 Å². The SMILES string of the molecule is CC(C)(C)OC(=O)N1CC[C@H](N2CCCc3cc(Cl)cc(-c4ccnc5cc(CO[Si](C)(C)C(C)(C)C)sc45)c32)C1. The van der Waals surface area contributed by atoms with Crippen molar-refractivity contribution in [2.45, 2.75) is 97.2 Å². The summed E-state index contributed by atoms with van der Waals surface area (Å²) in [6, 6.07) is 8.77. The van der Waals surface area contributed by atoms with Crippen LogP contribution in [0.15, 0.2) is 30.5 Å². The Labute approximate surface area is 255 Å². The highest BCUT2D eigenvalue weighted by Gasteiger charge is 2.38. The molecular formula is C32H44ClN3O3SSi. The zero-order chi connectivity index (χ0) is 29.7. The van der Waals surface area contributed by atoms with Crippen LogP contribution in [-0.4, -0.2) is 55.6 Å². The smallest absolute Gasteiger partial charge is 0.410 e. The number of anilines is 1. The Morgan fingerprint density at radius 3 is 2.59 bits per heavy atom. The Balaban J connectivity index is 1.48. The molecule has 2 aromatic heterocycles. The van der Waals surface area contributed by atoms with E-state index in [0.717, 1.165) is 52.2 Å². The summed E-state index contributed by atoms with van der Waals surface area (Å²) in [5.74, 6) is 0. The van der Waals surface area contributed by atoms with E-state index in [1.165, 1.54) is 16.1 Å². The van der Waals surface area contributed by atoms with Crippen LogP contribution in [0.25, 0.3) is 21.3 Å². The summed E-state index contributed by atoms with van der Waals surface area (Å²) in [4.78, 5) is 23.2. The number of nitrogens with zero attached hydrogens (tertiary/aromatic N) is 3. The molecule has 0 saturated carbocycles. The summed E-state index contributed by atoms with van der Waals surface area (Å²) in [6.45, 7) is 20.1. The number of rotatable bonds is 5. The van der Waals surface area contributed by atoms with Gasteiger partial charge in [-0.25, -0.2) is 4.79 Å². The van der Waals surface area contributed by atoms with Crippen LogP contribution < -0.4 is 4.90 Å². The van der Waals surface area contributed by atoms with Gasteiger partial charge in [-0.1, -0.05) is 32.4 Å². The molecule has 1 saturated heterocycles. The van der Waals surface area contributed by atoms with Gasteiger partial charge in [0.2, 0.25) is 0 Å². The Kier molecular flexibility index (Phi) is 8.27. The van der Waals surface area contributed by atoms with E-state index in [2.05, 4.69) is 63.0 Å². The van der Waals surface area contributed by atoms with Gasteiger partial charge in [0.25, 0.3) is 0 Å². The zero-order valence-corrected chi connectivity index (χ0v) is 28.3. The van der Waals surface area contributed by atoms with E-state index in [9.17, 15) is 4.79 Å². The maximum Gasteiger partial charge on any atom is 0.410 e. The quantitative estimate of drug-likeness (QED) is 0.269. The third-order valence-electron chi connectivity index (χ3n) is 8.68. The van der Waals surface area contributed by atoms with Crippen LogP contribution in [0.3, 0.4) is 0 Å². The minimum Gasteiger partial charge on any atom is -0.444 e. The minimum absolute atomic E-state index is 0.162. The number of carbonyl (C=O) groups excluding carboxylic acids is 1. The van der Waals surface area contributed by atoms with Crippen LogP contribution >= 0.6 is 22.9 Å². The lowest BCUT2D eigenvalue weighted by atomic mass is 9.92. The Morgan fingerprint density at radius 1 is 1.12 bits per heavy atom. The number of hydrogen-bond donors (Lipinski definition) is 0. The summed E-state index contributed by atoms with van der Waals surface area (Å²) in [5, 5.41) is 0.917. The van der Waals surface area contributed by atoms with Crippen LogP contribution in [-0.2, 0) is 22.2 Å². The number of halogens is 1. The number of carbonyl (C=O) groups is 1. The van der Waals surface area contributed by atoms with Crippen molar-refractivity contribution in [3.63, 3.8) is 0 Å². The maximum atomic E-state index is 12.8. The number of benzene rings is 1. The molecule has 1 amide bonds. The van der Waals surface area contributed by atoms with Crippen molar-refractivity contribution >= 4 is 53.3 Å². The molecule has 2 aliphatic heterocycles. The van der Waals surface area contributed by atoms with Crippen molar-refractivity contribution in [1.82, 2.24) is 9.88 Å². The average Bonchev–Trinajstić information content (AvgIpc) is 3.52. The Hall–Kier alpha value is -2.13. The van der Waals surface area contributed by atoms with Gasteiger partial charge in [0.15, 0.2) is 8.32 Å². The second kappa shape index (κ2) is 11.2. The third-order valence-corrected chi connectivity index (χ3v) is 14.5. The molecule has 41 heavy (non-hydrogen) atoms. The topological polar surface area (TPSA) is 54.9 Å². The van der Waals surface area contributed by atoms with Gasteiger partial charge in [-0.15, -0.1) is 11.3 Å². The molecule has 0 unspecified atom stereocenters. The van der Waals surface area contributed by atoms with Gasteiger partial charge in [0.1, 0.15) is 5.60 Å². The first-order chi connectivity index (χ1) is 19.1. The van der Waals surface area contributed by atoms with E-state index < -0.39 is 13.9 Å². The molecule has 6 nitrogen and oxygen atoms in total. The van der Waals surface area contributed by atoms with E-state index in [1.54, 1.807) is 11.3 Å². The lowest BCUT2D eigenvalue weighted by Gasteiger charge is -2.38. The van der Waals surface area contributed by atoms with Gasteiger partial charge in [-0.3, -0.25) is 4.98 Å². The second-order valence-corrected chi connectivity index (χ2v) is 20.3. The average molecular weight is 614 g/mol. The molecule has 0 bridgehead atoms. The highest BCUT2D eigenvalue weighted by atomic mass is 35.5. The fourth-order valence-corrected chi connectivity index (χ4v) is 7.88. The molecule has 0 N–H and O–H groups in total. The van der Waals surface area contributed by atoms with Crippen molar-refractivity contribution in [1.29, 1.82) is 0 Å². The van der Waals surface area contributed by atoms with Gasteiger partial charge < -0.3 is 19.0 Å². The Morgan fingerprint density at radius 2 is 1.88 bits per heavy atom. The monoisotopic (exact) mass is 613 g/mol. The maximum absolute atomic E-state index is 12.8. The molecule has 1 aromatic carbocycles. The summed E-state index contributed by atoms with van der Waals surface area (Å²) in [5.41, 5.74) is 5.32. The lowest BCUT2D eigenvalue weighted by molar-refractivity contribution is 0.0292. The van der Waals surface area contributed by atoms with Crippen molar-refractivity contribution < 1.29 is 14.0 Å². The fourth-order valence-electron chi connectivity index (χ4n) is 5.53. The standard InChI is InChI=1S/C32H44ClN3O3SSi/c1-31(2,3)39-30(37)35-15-12-23(19-35)36-14-9-10-21-16-22(33)17-26(28(21)36)25-11-13-34-27-18-24(40-29(25)27)20-38-41(7,8)32(4,5)6/h11,13,16-18,23H,9-10,12,14-15,19-20H2,1-8H3/t23-/m0/s1. The predicted octanol–water partition coefficient (Wildman–Crippen LogP) is 8.90. The molecule has 1 fully saturated rings. The number of fused-ring (bicyclic) bond motifs is 2. The molecule has 0 aliphatic carbocycles. The number of hydrogen-bond acceptors (Lipinski definition) is 6. The number of pyridine rings is 1. The van der Waals surface area contributed by atoms with E-state index in [-0.39, 0.29) is 17.2 Å². The van der Waals surface area contributed by atoms with E-state index in [1.807, 2.05) is 31.9 Å². The number of amides is 1. The third kappa shape index (κ3) is 6.46. The van der Waals surface area contributed by atoms with Gasteiger partial charge >= 0.3 is 6.09 Å². The first-order valence-corrected chi connectivity index (χ1v) is 18.8. The van der Waals surface area contributed by atoms with Gasteiger partial charge in [0.05, 0.1) is 16.8 Å². The summed E-state index contributed by atoms with van der Waals surface area (Å²) in [6.07, 6.45) is 4.65. The van der Waals surface area contributed by atoms with E-state index >= 15 is 0 Å². The molecule has 0 spiro atoms. The fraction of sp³-hybridized carbons (Fsp3) is 0.562. The van der Waals surface area contributed by atoms with E-state index in [4.69, 9.17) is 25.7 Å². The number of likely N-dealkylation sites (tertiary alicyclic amines) is 1. The minimum atomic E-state index is -1.87. The number of aromatic nitrogens is 1. The van der Waals surface area contributed by atoms with Crippen molar-refractivity contribution in [2.24, 2.45) is 0 Å². The van der Waals surface area contributed by atoms with Gasteiger partial charge in [-0.2, -0.15) is 0 Å². The summed E-state index contributed by atoms with van der Waals surface area (Å²) >= 11 is 8.52. The van der Waals surface area contributed by atoms with Crippen molar-refractivity contribution in [3.05, 3.63) is 45.9 Å². The summed E-state index contributed by atoms with van der Waals surface area (Å²) in [7, 11) is -1.87. The predicted molar refractivity (Wildman–Crippen MR) is 174 cm³/mol. The highest BCUT2D eigenvalue weighted by Crippen LogP contribution is 2.45. The number of aryl methyl sites for hydroxylation is 1. The van der Waals surface area contributed by atoms with Crippen LogP contribution in [0.1, 0.15) is 64.8 Å². The van der Waals surface area contributed by atoms with Crippen molar-refractivity contribution in [2.75, 3.05) is 24.5 Å². The van der Waals surface area contributed by atoms with Crippen LogP contribution in [0, 0.1) is 0 Å². The van der Waals surface area contributed by atoms with Crippen LogP contribution in [0.4, 0.5) is 10.5 Å². The zero-order valence-electron chi connectivity index (χ0n) is 25.8. The molecule has 3 aromatic rings. The molecule has 5 rings (SSSR count). The first-order valence-electron chi connectivity index (χ1n) is 14.7. The van der Waals surface area contributed by atoms with Gasteiger partial charge in [0, 0.05) is 58.6 Å². The van der Waals surface area contributed by atoms with Crippen LogP contribution in [0.5, 0.6) is 0 Å². The number of thiophene rings is 1. The highest BCUT2D eigenvalue weighted by molar-refractivity contribution is 7.19. The molecule has 222 valence electrons. The molecule has 1 atom stereocenters. The molecular weight excluding hydrogens is 570 g/mol. The van der Waals surface area contributed by atoms with Crippen LogP contribution in [0.2, 0.25) is 23.2 Å². The normalized spacial score (nSPS) is 18.2. The number of ether oxygens (including phenoxy) is 1. The first kappa shape index (κ1) is 30.3. The largest absolute Gasteiger partial charge is 0.444 e. The molecule has 0 radical (unpaired) electrons. The second-order valence-electron chi connectivity index (χ2n) is 14.0. The Bertz CT molecular complexity index is 1440. The van der Waals surface area contributed by atoms with Gasteiger partial charge in [-0.05, 0) is 88.0 Å². The molecule has 9 heteroatoms. The lowest BCUT2D eigenvalue weighted by Crippen LogP contribution is -2.43. The van der Waals surface area contributed by atoms with Crippen molar-refractivity contribution in [3.8, 4) is 11.1 Å². The summed E-state index contributed by atoms with van der Waals surface area (Å²) < 4.78 is 13.4. The molecule has 4 heterocycles.